The maximum atomic E-state index is 12.8. The Balaban J connectivity index is 2.12. The average Bonchev–Trinajstić information content (AvgIpc) is 2.53. The number of nitrogens with one attached hydrogen (secondary N) is 1. The fourth-order valence-electron chi connectivity index (χ4n) is 1.80. The van der Waals surface area contributed by atoms with Crippen LogP contribution in [0.2, 0.25) is 0 Å². The van der Waals surface area contributed by atoms with Crippen molar-refractivity contribution < 1.29 is 22.3 Å². The van der Waals surface area contributed by atoms with Crippen molar-refractivity contribution in [2.24, 2.45) is 0 Å². The fourth-order valence-corrected chi connectivity index (χ4v) is 2.82. The molecule has 0 amide bonds. The molecular formula is C15H14FNO4S. The van der Waals surface area contributed by atoms with E-state index in [1.165, 1.54) is 19.2 Å². The van der Waals surface area contributed by atoms with E-state index in [9.17, 15) is 17.6 Å². The van der Waals surface area contributed by atoms with Crippen LogP contribution in [0.15, 0.2) is 53.4 Å². The topological polar surface area (TPSA) is 72.5 Å². The van der Waals surface area contributed by atoms with E-state index in [1.54, 1.807) is 24.3 Å². The Morgan fingerprint density at radius 3 is 2.50 bits per heavy atom. The molecule has 2 aromatic carbocycles. The van der Waals surface area contributed by atoms with E-state index in [2.05, 4.69) is 9.46 Å². The highest BCUT2D eigenvalue weighted by atomic mass is 32.2. The first-order valence-electron chi connectivity index (χ1n) is 6.35. The first-order valence-corrected chi connectivity index (χ1v) is 7.83. The third-order valence-corrected chi connectivity index (χ3v) is 4.36. The lowest BCUT2D eigenvalue weighted by Gasteiger charge is -2.08. The van der Waals surface area contributed by atoms with Crippen LogP contribution in [0.5, 0.6) is 0 Å². The zero-order valence-corrected chi connectivity index (χ0v) is 12.6. The summed E-state index contributed by atoms with van der Waals surface area (Å²) >= 11 is 0. The molecule has 1 N–H and O–H groups in total. The summed E-state index contributed by atoms with van der Waals surface area (Å²) in [6, 6.07) is 10.9. The van der Waals surface area contributed by atoms with Gasteiger partial charge in [-0.15, -0.1) is 0 Å². The van der Waals surface area contributed by atoms with Gasteiger partial charge in [0.15, 0.2) is 0 Å². The minimum atomic E-state index is -3.75. The monoisotopic (exact) mass is 323 g/mol. The second kappa shape index (κ2) is 6.67. The molecule has 0 saturated heterocycles. The Labute approximate surface area is 127 Å². The van der Waals surface area contributed by atoms with Gasteiger partial charge in [0, 0.05) is 6.54 Å². The number of benzene rings is 2. The van der Waals surface area contributed by atoms with Gasteiger partial charge in [-0.3, -0.25) is 0 Å². The van der Waals surface area contributed by atoms with Crippen LogP contribution in [0.4, 0.5) is 4.39 Å². The van der Waals surface area contributed by atoms with Gasteiger partial charge in [0.25, 0.3) is 0 Å². The summed E-state index contributed by atoms with van der Waals surface area (Å²) in [7, 11) is -2.48. The molecule has 2 rings (SSSR count). The number of carbonyl (C=O) groups is 1. The Morgan fingerprint density at radius 1 is 1.18 bits per heavy atom. The van der Waals surface area contributed by atoms with Gasteiger partial charge in [-0.2, -0.15) is 0 Å². The average molecular weight is 323 g/mol. The van der Waals surface area contributed by atoms with Crippen molar-refractivity contribution in [1.82, 2.24) is 4.72 Å². The van der Waals surface area contributed by atoms with Crippen molar-refractivity contribution in [3.05, 3.63) is 65.5 Å². The Hall–Kier alpha value is -2.25. The molecule has 5 nitrogen and oxygen atoms in total. The maximum absolute atomic E-state index is 12.8. The van der Waals surface area contributed by atoms with Crippen molar-refractivity contribution in [3.63, 3.8) is 0 Å². The van der Waals surface area contributed by atoms with E-state index < -0.39 is 21.8 Å². The zero-order valence-electron chi connectivity index (χ0n) is 11.7. The minimum absolute atomic E-state index is 0.00451. The lowest BCUT2D eigenvalue weighted by Crippen LogP contribution is -2.23. The van der Waals surface area contributed by atoms with Gasteiger partial charge < -0.3 is 4.74 Å². The van der Waals surface area contributed by atoms with Gasteiger partial charge in [0.05, 0.1) is 17.6 Å². The van der Waals surface area contributed by atoms with Crippen LogP contribution in [0.25, 0.3) is 0 Å². The van der Waals surface area contributed by atoms with Gasteiger partial charge in [-0.25, -0.2) is 22.3 Å². The second-order valence-corrected chi connectivity index (χ2v) is 6.24. The molecule has 0 unspecified atom stereocenters. The van der Waals surface area contributed by atoms with Crippen LogP contribution in [-0.2, 0) is 21.3 Å². The molecule has 0 heterocycles. The van der Waals surface area contributed by atoms with Gasteiger partial charge in [-0.05, 0) is 42.0 Å². The van der Waals surface area contributed by atoms with Crippen molar-refractivity contribution in [1.29, 1.82) is 0 Å². The number of halogens is 1. The van der Waals surface area contributed by atoms with Crippen LogP contribution in [0, 0.1) is 5.82 Å². The van der Waals surface area contributed by atoms with Crippen molar-refractivity contribution >= 4 is 16.0 Å². The van der Waals surface area contributed by atoms with Crippen LogP contribution in [0.1, 0.15) is 15.9 Å². The normalized spacial score (nSPS) is 11.2. The first kappa shape index (κ1) is 16.1. The molecule has 7 heteroatoms. The van der Waals surface area contributed by atoms with Crippen molar-refractivity contribution in [2.45, 2.75) is 11.4 Å². The van der Waals surface area contributed by atoms with E-state index in [1.807, 2.05) is 0 Å². The number of esters is 1. The van der Waals surface area contributed by atoms with Gasteiger partial charge in [-0.1, -0.05) is 12.1 Å². The summed E-state index contributed by atoms with van der Waals surface area (Å²) in [4.78, 5) is 11.4. The molecule has 0 aliphatic rings. The van der Waals surface area contributed by atoms with Gasteiger partial charge >= 0.3 is 5.97 Å². The Morgan fingerprint density at radius 2 is 1.86 bits per heavy atom. The highest BCUT2D eigenvalue weighted by Gasteiger charge is 2.14. The molecule has 116 valence electrons. The van der Waals surface area contributed by atoms with Gasteiger partial charge in [0.1, 0.15) is 5.82 Å². The molecule has 0 aromatic heterocycles. The lowest BCUT2D eigenvalue weighted by molar-refractivity contribution is 0.0600. The highest BCUT2D eigenvalue weighted by Crippen LogP contribution is 2.11. The van der Waals surface area contributed by atoms with E-state index in [-0.39, 0.29) is 11.4 Å². The van der Waals surface area contributed by atoms with E-state index in [0.717, 1.165) is 12.1 Å². The summed E-state index contributed by atoms with van der Waals surface area (Å²) < 4.78 is 44.0. The quantitative estimate of drug-likeness (QED) is 0.855. The van der Waals surface area contributed by atoms with E-state index in [0.29, 0.717) is 11.1 Å². The zero-order chi connectivity index (χ0) is 16.2. The van der Waals surface area contributed by atoms with Crippen LogP contribution in [-0.4, -0.2) is 21.5 Å². The number of sulfonamides is 1. The molecule has 0 atom stereocenters. The Kier molecular flexibility index (Phi) is 4.89. The molecule has 0 aliphatic carbocycles. The number of methoxy groups -OCH3 is 1. The predicted molar refractivity (Wildman–Crippen MR) is 78.2 cm³/mol. The molecule has 0 bridgehead atoms. The molecular weight excluding hydrogens is 309 g/mol. The van der Waals surface area contributed by atoms with Crippen LogP contribution < -0.4 is 4.72 Å². The predicted octanol–water partition coefficient (Wildman–Crippen LogP) is 2.09. The van der Waals surface area contributed by atoms with E-state index in [4.69, 9.17) is 0 Å². The SMILES string of the molecule is COC(=O)c1cccc(CNS(=O)(=O)c2ccc(F)cc2)c1. The number of rotatable bonds is 5. The first-order chi connectivity index (χ1) is 10.4. The minimum Gasteiger partial charge on any atom is -0.465 e. The molecule has 22 heavy (non-hydrogen) atoms. The van der Waals surface area contributed by atoms with Crippen LogP contribution in [0.3, 0.4) is 0 Å². The lowest BCUT2D eigenvalue weighted by atomic mass is 10.1. The fraction of sp³-hybridized carbons (Fsp3) is 0.133. The Bertz CT molecular complexity index is 772. The summed E-state index contributed by atoms with van der Waals surface area (Å²) in [6.07, 6.45) is 0. The van der Waals surface area contributed by atoms with Gasteiger partial charge in [0.2, 0.25) is 10.0 Å². The summed E-state index contributed by atoms with van der Waals surface area (Å²) in [6.45, 7) is 0.00451. The van der Waals surface area contributed by atoms with Crippen molar-refractivity contribution in [2.75, 3.05) is 7.11 Å². The highest BCUT2D eigenvalue weighted by molar-refractivity contribution is 7.89. The maximum Gasteiger partial charge on any atom is 0.337 e. The summed E-state index contributed by atoms with van der Waals surface area (Å²) in [5.41, 5.74) is 0.939. The molecule has 0 fully saturated rings. The van der Waals surface area contributed by atoms with Crippen molar-refractivity contribution in [3.8, 4) is 0 Å². The van der Waals surface area contributed by atoms with Crippen LogP contribution >= 0.6 is 0 Å². The van der Waals surface area contributed by atoms with E-state index >= 15 is 0 Å². The smallest absolute Gasteiger partial charge is 0.337 e. The molecule has 0 radical (unpaired) electrons. The largest absolute Gasteiger partial charge is 0.465 e. The number of ether oxygens (including phenoxy) is 1. The number of hydrogen-bond acceptors (Lipinski definition) is 4. The third-order valence-electron chi connectivity index (χ3n) is 2.94. The molecule has 0 aliphatic heterocycles. The summed E-state index contributed by atoms with van der Waals surface area (Å²) in [5, 5.41) is 0. The second-order valence-electron chi connectivity index (χ2n) is 4.47. The standard InChI is InChI=1S/C15H14FNO4S/c1-21-15(18)12-4-2-3-11(9-12)10-17-22(19,20)14-7-5-13(16)6-8-14/h2-9,17H,10H2,1H3. The number of hydrogen-bond donors (Lipinski definition) is 1. The number of carbonyl (C=O) groups excluding carboxylic acids is 1. The molecule has 0 spiro atoms. The third kappa shape index (κ3) is 3.90. The molecule has 2 aromatic rings. The molecule has 0 saturated carbocycles. The summed E-state index contributed by atoms with van der Waals surface area (Å²) in [5.74, 6) is -1.01.